The van der Waals surface area contributed by atoms with Crippen LogP contribution >= 0.6 is 0 Å². The van der Waals surface area contributed by atoms with Gasteiger partial charge in [-0.3, -0.25) is 0 Å². The number of hydrogen-bond acceptors (Lipinski definition) is 4. The minimum Gasteiger partial charge on any atom is -0.465 e. The van der Waals surface area contributed by atoms with Gasteiger partial charge in [-0.05, 0) is 34.2 Å². The van der Waals surface area contributed by atoms with Crippen molar-refractivity contribution in [1.82, 2.24) is 0 Å². The summed E-state index contributed by atoms with van der Waals surface area (Å²) >= 11 is 0. The van der Waals surface area contributed by atoms with E-state index in [9.17, 15) is 4.79 Å². The summed E-state index contributed by atoms with van der Waals surface area (Å²) in [6.07, 6.45) is 1.62. The number of nitrogens with zero attached hydrogens (tertiary/aromatic N) is 1. The van der Waals surface area contributed by atoms with Crippen LogP contribution in [0.25, 0.3) is 0 Å². The highest BCUT2D eigenvalue weighted by Crippen LogP contribution is 2.22. The first kappa shape index (κ1) is 17.7. The predicted octanol–water partition coefficient (Wildman–Crippen LogP) is 4.32. The van der Waals surface area contributed by atoms with Crippen molar-refractivity contribution in [2.75, 3.05) is 7.11 Å². The minimum atomic E-state index is -0.353. The third kappa shape index (κ3) is 4.95. The molecule has 0 radical (unpaired) electrons. The number of carbonyl (C=O) groups excluding carboxylic acids is 1. The summed E-state index contributed by atoms with van der Waals surface area (Å²) < 4.78 is 4.66. The van der Waals surface area contributed by atoms with Crippen LogP contribution in [0.4, 0.5) is 0 Å². The second-order valence-corrected chi connectivity index (χ2v) is 6.57. The number of benzene rings is 2. The fourth-order valence-electron chi connectivity index (χ4n) is 2.13. The van der Waals surface area contributed by atoms with Crippen molar-refractivity contribution < 1.29 is 14.4 Å². The van der Waals surface area contributed by atoms with E-state index in [1.807, 2.05) is 0 Å². The number of esters is 1. The molecule has 0 amide bonds. The Morgan fingerprint density at radius 3 is 2.21 bits per heavy atom. The van der Waals surface area contributed by atoms with Gasteiger partial charge in [-0.25, -0.2) is 4.79 Å². The summed E-state index contributed by atoms with van der Waals surface area (Å²) in [6.45, 7) is 6.98. The van der Waals surface area contributed by atoms with Crippen LogP contribution in [0.3, 0.4) is 0 Å². The Kier molecular flexibility index (Phi) is 5.74. The van der Waals surface area contributed by atoms with E-state index in [2.05, 4.69) is 54.9 Å². The maximum Gasteiger partial charge on any atom is 0.337 e. The van der Waals surface area contributed by atoms with Gasteiger partial charge < -0.3 is 9.57 Å². The Morgan fingerprint density at radius 2 is 1.67 bits per heavy atom. The molecule has 0 bridgehead atoms. The van der Waals surface area contributed by atoms with Crippen LogP contribution in [0.5, 0.6) is 0 Å². The molecule has 0 unspecified atom stereocenters. The molecular weight excluding hydrogens is 302 g/mol. The number of hydrogen-bond donors (Lipinski definition) is 0. The van der Waals surface area contributed by atoms with E-state index in [4.69, 9.17) is 4.84 Å². The summed E-state index contributed by atoms with van der Waals surface area (Å²) in [6, 6.07) is 15.3. The van der Waals surface area contributed by atoms with Gasteiger partial charge in [-0.15, -0.1) is 0 Å². The van der Waals surface area contributed by atoms with Crippen molar-refractivity contribution in [3.05, 3.63) is 70.8 Å². The van der Waals surface area contributed by atoms with Crippen molar-refractivity contribution in [3.8, 4) is 0 Å². The predicted molar refractivity (Wildman–Crippen MR) is 95.3 cm³/mol. The molecule has 0 N–H and O–H groups in total. The van der Waals surface area contributed by atoms with Gasteiger partial charge in [0.2, 0.25) is 0 Å². The van der Waals surface area contributed by atoms with E-state index >= 15 is 0 Å². The van der Waals surface area contributed by atoms with E-state index in [0.29, 0.717) is 12.2 Å². The first-order valence-corrected chi connectivity index (χ1v) is 7.83. The molecule has 0 fully saturated rings. The summed E-state index contributed by atoms with van der Waals surface area (Å²) in [5.41, 5.74) is 3.87. The quantitative estimate of drug-likeness (QED) is 0.467. The molecule has 126 valence electrons. The van der Waals surface area contributed by atoms with Crippen LogP contribution in [0.2, 0.25) is 0 Å². The fraction of sp³-hybridized carbons (Fsp3) is 0.300. The Morgan fingerprint density at radius 1 is 1.04 bits per heavy atom. The Bertz CT molecular complexity index is 695. The molecular formula is C20H23NO3. The van der Waals surface area contributed by atoms with Crippen molar-refractivity contribution >= 4 is 12.2 Å². The lowest BCUT2D eigenvalue weighted by molar-refractivity contribution is 0.0600. The largest absolute Gasteiger partial charge is 0.465 e. The van der Waals surface area contributed by atoms with Crippen molar-refractivity contribution in [3.63, 3.8) is 0 Å². The zero-order chi connectivity index (χ0) is 17.6. The average molecular weight is 325 g/mol. The molecule has 0 saturated carbocycles. The second kappa shape index (κ2) is 7.77. The first-order valence-electron chi connectivity index (χ1n) is 7.83. The van der Waals surface area contributed by atoms with Gasteiger partial charge in [0.15, 0.2) is 0 Å². The zero-order valence-corrected chi connectivity index (χ0v) is 14.6. The Hall–Kier alpha value is -2.62. The standard InChI is InChI=1S/C20H23NO3/c1-20(2,3)18-11-7-16(8-12-18)14-24-21-13-15-5-9-17(10-6-15)19(22)23-4/h5-13H,14H2,1-4H3. The normalized spacial score (nSPS) is 11.5. The molecule has 0 aliphatic rings. The maximum atomic E-state index is 11.3. The van der Waals surface area contributed by atoms with Crippen molar-refractivity contribution in [1.29, 1.82) is 0 Å². The molecule has 4 nitrogen and oxygen atoms in total. The monoisotopic (exact) mass is 325 g/mol. The SMILES string of the molecule is COC(=O)c1ccc(C=NOCc2ccc(C(C)(C)C)cc2)cc1. The van der Waals surface area contributed by atoms with Crippen molar-refractivity contribution in [2.24, 2.45) is 5.16 Å². The van der Waals surface area contributed by atoms with Gasteiger partial charge in [-0.1, -0.05) is 62.3 Å². The third-order valence-corrected chi connectivity index (χ3v) is 3.66. The summed E-state index contributed by atoms with van der Waals surface area (Å²) in [5, 5.41) is 3.96. The highest BCUT2D eigenvalue weighted by molar-refractivity contribution is 5.90. The second-order valence-electron chi connectivity index (χ2n) is 6.57. The number of ether oxygens (including phenoxy) is 1. The lowest BCUT2D eigenvalue weighted by Crippen LogP contribution is -2.10. The summed E-state index contributed by atoms with van der Waals surface area (Å²) in [4.78, 5) is 16.7. The van der Waals surface area contributed by atoms with Crippen LogP contribution in [-0.4, -0.2) is 19.3 Å². The lowest BCUT2D eigenvalue weighted by Gasteiger charge is -2.18. The number of carbonyl (C=O) groups is 1. The van der Waals surface area contributed by atoms with E-state index in [-0.39, 0.29) is 11.4 Å². The molecule has 0 saturated heterocycles. The van der Waals surface area contributed by atoms with Gasteiger partial charge in [-0.2, -0.15) is 0 Å². The Labute approximate surface area is 143 Å². The smallest absolute Gasteiger partial charge is 0.337 e. The minimum absolute atomic E-state index is 0.147. The van der Waals surface area contributed by atoms with Crippen LogP contribution in [0.1, 0.15) is 47.8 Å². The molecule has 0 aliphatic heterocycles. The molecule has 0 heterocycles. The molecule has 4 heteroatoms. The van der Waals surface area contributed by atoms with Gasteiger partial charge in [0, 0.05) is 0 Å². The molecule has 0 atom stereocenters. The number of methoxy groups -OCH3 is 1. The topological polar surface area (TPSA) is 47.9 Å². The van der Waals surface area contributed by atoms with Crippen LogP contribution in [0, 0.1) is 0 Å². The number of rotatable bonds is 5. The number of oxime groups is 1. The van der Waals surface area contributed by atoms with Crippen LogP contribution in [-0.2, 0) is 21.6 Å². The van der Waals surface area contributed by atoms with Crippen molar-refractivity contribution in [2.45, 2.75) is 32.8 Å². The van der Waals surface area contributed by atoms with E-state index in [1.54, 1.807) is 30.5 Å². The molecule has 0 aliphatic carbocycles. The first-order chi connectivity index (χ1) is 11.4. The molecule has 2 rings (SSSR count). The van der Waals surface area contributed by atoms with Gasteiger partial charge >= 0.3 is 5.97 Å². The highest BCUT2D eigenvalue weighted by Gasteiger charge is 2.12. The van der Waals surface area contributed by atoms with Gasteiger partial charge in [0.25, 0.3) is 0 Å². The molecule has 2 aromatic rings. The molecule has 0 aromatic heterocycles. The average Bonchev–Trinajstić information content (AvgIpc) is 2.58. The fourth-order valence-corrected chi connectivity index (χ4v) is 2.13. The molecule has 2 aromatic carbocycles. The van der Waals surface area contributed by atoms with Gasteiger partial charge in [0.1, 0.15) is 6.61 Å². The third-order valence-electron chi connectivity index (χ3n) is 3.66. The highest BCUT2D eigenvalue weighted by atomic mass is 16.6. The zero-order valence-electron chi connectivity index (χ0n) is 14.6. The van der Waals surface area contributed by atoms with E-state index in [1.165, 1.54) is 12.7 Å². The lowest BCUT2D eigenvalue weighted by atomic mass is 9.87. The van der Waals surface area contributed by atoms with Crippen LogP contribution in [0.15, 0.2) is 53.7 Å². The van der Waals surface area contributed by atoms with Crippen LogP contribution < -0.4 is 0 Å². The van der Waals surface area contributed by atoms with E-state index in [0.717, 1.165) is 11.1 Å². The molecule has 0 spiro atoms. The van der Waals surface area contributed by atoms with Gasteiger partial charge in [0.05, 0.1) is 18.9 Å². The summed E-state index contributed by atoms with van der Waals surface area (Å²) in [5.74, 6) is -0.353. The Balaban J connectivity index is 1.87. The summed E-state index contributed by atoms with van der Waals surface area (Å²) in [7, 11) is 1.36. The van der Waals surface area contributed by atoms with E-state index < -0.39 is 0 Å². The maximum absolute atomic E-state index is 11.3. The molecule has 24 heavy (non-hydrogen) atoms.